The van der Waals surface area contributed by atoms with Crippen LogP contribution < -0.4 is 0 Å². The fourth-order valence-electron chi connectivity index (χ4n) is 2.29. The van der Waals surface area contributed by atoms with E-state index in [4.69, 9.17) is 23.2 Å². The molecule has 108 valence electrons. The molecule has 1 aromatic carbocycles. The monoisotopic (exact) mass is 311 g/mol. The third kappa shape index (κ3) is 2.99. The van der Waals surface area contributed by atoms with E-state index in [0.717, 1.165) is 17.9 Å². The van der Waals surface area contributed by atoms with Gasteiger partial charge in [0.2, 0.25) is 0 Å². The summed E-state index contributed by atoms with van der Waals surface area (Å²) in [7, 11) is 0. The minimum atomic E-state index is -0.309. The lowest BCUT2D eigenvalue weighted by Gasteiger charge is -2.30. The number of aromatic nitrogens is 3. The summed E-state index contributed by atoms with van der Waals surface area (Å²) in [5.74, 6) is 1.83. The van der Waals surface area contributed by atoms with Gasteiger partial charge in [0.15, 0.2) is 0 Å². The van der Waals surface area contributed by atoms with Gasteiger partial charge in [0, 0.05) is 30.1 Å². The Balaban J connectivity index is 2.36. The van der Waals surface area contributed by atoms with Gasteiger partial charge in [0.05, 0.1) is 0 Å². The Kier molecular flexibility index (Phi) is 5.06. The third-order valence-electron chi connectivity index (χ3n) is 3.67. The van der Waals surface area contributed by atoms with Crippen LogP contribution in [-0.2, 0) is 18.4 Å². The Morgan fingerprint density at radius 2 is 1.80 bits per heavy atom. The highest BCUT2D eigenvalue weighted by atomic mass is 35.5. The lowest BCUT2D eigenvalue weighted by Crippen LogP contribution is -2.34. The number of aryl methyl sites for hydroxylation is 2. The van der Waals surface area contributed by atoms with Crippen molar-refractivity contribution in [1.29, 1.82) is 0 Å². The van der Waals surface area contributed by atoms with Crippen LogP contribution in [0.15, 0.2) is 30.6 Å². The van der Waals surface area contributed by atoms with Crippen molar-refractivity contribution in [2.75, 3.05) is 11.8 Å². The lowest BCUT2D eigenvalue weighted by atomic mass is 9.80. The first-order valence-electron chi connectivity index (χ1n) is 6.71. The Bertz CT molecular complexity index is 545. The molecule has 0 radical (unpaired) electrons. The van der Waals surface area contributed by atoms with Crippen LogP contribution in [0.4, 0.5) is 0 Å². The van der Waals surface area contributed by atoms with E-state index in [1.807, 2.05) is 11.6 Å². The molecule has 0 spiro atoms. The fourth-order valence-corrected chi connectivity index (χ4v) is 3.07. The van der Waals surface area contributed by atoms with Crippen molar-refractivity contribution in [3.63, 3.8) is 0 Å². The van der Waals surface area contributed by atoms with Crippen LogP contribution in [-0.4, -0.2) is 26.5 Å². The van der Waals surface area contributed by atoms with E-state index in [9.17, 15) is 0 Å². The molecular formula is C15H19Cl2N3. The first kappa shape index (κ1) is 15.3. The van der Waals surface area contributed by atoms with Crippen LogP contribution in [0, 0.1) is 6.92 Å². The maximum Gasteiger partial charge on any atom is 0.138 e. The van der Waals surface area contributed by atoms with Crippen molar-refractivity contribution in [3.8, 4) is 0 Å². The first-order valence-corrected chi connectivity index (χ1v) is 7.78. The van der Waals surface area contributed by atoms with E-state index < -0.39 is 0 Å². The van der Waals surface area contributed by atoms with Crippen LogP contribution >= 0.6 is 23.2 Å². The average molecular weight is 312 g/mol. The maximum atomic E-state index is 6.27. The fraction of sp³-hybridized carbons (Fsp3) is 0.467. The average Bonchev–Trinajstić information content (AvgIpc) is 2.93. The van der Waals surface area contributed by atoms with Crippen LogP contribution in [0.5, 0.6) is 0 Å². The van der Waals surface area contributed by atoms with Gasteiger partial charge in [-0.2, -0.15) is 5.10 Å². The van der Waals surface area contributed by atoms with Crippen LogP contribution in [0.25, 0.3) is 0 Å². The van der Waals surface area contributed by atoms with Crippen molar-refractivity contribution in [1.82, 2.24) is 14.8 Å². The molecule has 2 aromatic rings. The first-order chi connectivity index (χ1) is 9.65. The highest BCUT2D eigenvalue weighted by molar-refractivity contribution is 6.22. The second-order valence-corrected chi connectivity index (χ2v) is 5.62. The van der Waals surface area contributed by atoms with Gasteiger partial charge in [-0.05, 0) is 19.4 Å². The lowest BCUT2D eigenvalue weighted by molar-refractivity contribution is 0.490. The molecule has 2 rings (SSSR count). The van der Waals surface area contributed by atoms with Gasteiger partial charge < -0.3 is 0 Å². The minimum Gasteiger partial charge on any atom is -0.250 e. The Hall–Kier alpha value is -1.06. The van der Waals surface area contributed by atoms with E-state index >= 15 is 0 Å². The summed E-state index contributed by atoms with van der Waals surface area (Å²) in [4.78, 5) is 4.35. The third-order valence-corrected chi connectivity index (χ3v) is 4.69. The molecule has 0 saturated carbocycles. The second kappa shape index (κ2) is 6.59. The van der Waals surface area contributed by atoms with Crippen LogP contribution in [0.3, 0.4) is 0 Å². The summed E-state index contributed by atoms with van der Waals surface area (Å²) in [6, 6.07) is 8.39. The molecule has 1 aromatic heterocycles. The number of rotatable bonds is 6. The molecule has 20 heavy (non-hydrogen) atoms. The van der Waals surface area contributed by atoms with E-state index in [0.29, 0.717) is 18.2 Å². The molecule has 0 fully saturated rings. The van der Waals surface area contributed by atoms with Crippen molar-refractivity contribution in [3.05, 3.63) is 47.5 Å². The normalized spacial score (nSPS) is 11.8. The zero-order valence-electron chi connectivity index (χ0n) is 11.8. The smallest absolute Gasteiger partial charge is 0.138 e. The molecule has 0 atom stereocenters. The van der Waals surface area contributed by atoms with E-state index in [1.54, 1.807) is 6.33 Å². The van der Waals surface area contributed by atoms with E-state index in [-0.39, 0.29) is 5.41 Å². The zero-order chi connectivity index (χ0) is 14.6. The Morgan fingerprint density at radius 3 is 2.35 bits per heavy atom. The number of hydrogen-bond donors (Lipinski definition) is 0. The predicted molar refractivity (Wildman–Crippen MR) is 83.7 cm³/mol. The molecular weight excluding hydrogens is 293 g/mol. The zero-order valence-corrected chi connectivity index (χ0v) is 13.3. The van der Waals surface area contributed by atoms with Crippen molar-refractivity contribution in [2.45, 2.75) is 32.2 Å². The highest BCUT2D eigenvalue weighted by Crippen LogP contribution is 2.31. The number of nitrogens with zero attached hydrogens (tertiary/aromatic N) is 3. The summed E-state index contributed by atoms with van der Waals surface area (Å²) < 4.78 is 1.89. The van der Waals surface area contributed by atoms with Gasteiger partial charge in [-0.1, -0.05) is 29.8 Å². The van der Waals surface area contributed by atoms with Crippen molar-refractivity contribution < 1.29 is 0 Å². The van der Waals surface area contributed by atoms with Crippen LogP contribution in [0.2, 0.25) is 0 Å². The molecule has 0 aliphatic rings. The SMILES string of the molecule is CCn1ncnc1CC(CCl)(CCl)c1ccc(C)cc1. The molecule has 5 heteroatoms. The molecule has 0 amide bonds. The van der Waals surface area contributed by atoms with Gasteiger partial charge in [-0.3, -0.25) is 4.68 Å². The highest BCUT2D eigenvalue weighted by Gasteiger charge is 2.32. The van der Waals surface area contributed by atoms with Crippen molar-refractivity contribution in [2.24, 2.45) is 0 Å². The largest absolute Gasteiger partial charge is 0.250 e. The van der Waals surface area contributed by atoms with Gasteiger partial charge >= 0.3 is 0 Å². The number of hydrogen-bond acceptors (Lipinski definition) is 2. The molecule has 3 nitrogen and oxygen atoms in total. The van der Waals surface area contributed by atoms with Gasteiger partial charge in [0.1, 0.15) is 12.2 Å². The Morgan fingerprint density at radius 1 is 1.15 bits per heavy atom. The van der Waals surface area contributed by atoms with Gasteiger partial charge in [0.25, 0.3) is 0 Å². The molecule has 0 saturated heterocycles. The topological polar surface area (TPSA) is 30.7 Å². The maximum absolute atomic E-state index is 6.27. The number of benzene rings is 1. The Labute approximate surface area is 129 Å². The molecule has 1 heterocycles. The van der Waals surface area contributed by atoms with Crippen molar-refractivity contribution >= 4 is 23.2 Å². The molecule has 0 unspecified atom stereocenters. The summed E-state index contributed by atoms with van der Waals surface area (Å²) in [5, 5.41) is 4.21. The van der Waals surface area contributed by atoms with E-state index in [2.05, 4.69) is 41.3 Å². The van der Waals surface area contributed by atoms with E-state index in [1.165, 1.54) is 5.56 Å². The summed E-state index contributed by atoms with van der Waals surface area (Å²) in [6.07, 6.45) is 2.28. The minimum absolute atomic E-state index is 0.309. The molecule has 0 bridgehead atoms. The van der Waals surface area contributed by atoms with Gasteiger partial charge in [-0.25, -0.2) is 4.98 Å². The van der Waals surface area contributed by atoms with Crippen LogP contribution in [0.1, 0.15) is 23.9 Å². The molecule has 0 aliphatic heterocycles. The number of alkyl halides is 2. The molecule has 0 aliphatic carbocycles. The predicted octanol–water partition coefficient (Wildman–Crippen LogP) is 3.56. The standard InChI is InChI=1S/C15H19Cl2N3/c1-3-20-14(18-11-19-20)8-15(9-16,10-17)13-6-4-12(2)5-7-13/h4-7,11H,3,8-10H2,1-2H3. The summed E-state index contributed by atoms with van der Waals surface area (Å²) in [5.41, 5.74) is 2.07. The quantitative estimate of drug-likeness (QED) is 0.764. The summed E-state index contributed by atoms with van der Waals surface area (Å²) in [6.45, 7) is 4.91. The summed E-state index contributed by atoms with van der Waals surface area (Å²) >= 11 is 12.5. The second-order valence-electron chi connectivity index (χ2n) is 5.08. The molecule has 0 N–H and O–H groups in total. The van der Waals surface area contributed by atoms with Gasteiger partial charge in [-0.15, -0.1) is 23.2 Å². The number of halogens is 2.